The molecule has 1 heterocycles. The van der Waals surface area contributed by atoms with E-state index < -0.39 is 0 Å². The molecule has 0 unspecified atom stereocenters. The van der Waals surface area contributed by atoms with Crippen LogP contribution in [-0.4, -0.2) is 18.3 Å². The summed E-state index contributed by atoms with van der Waals surface area (Å²) in [6, 6.07) is 16.1. The first-order chi connectivity index (χ1) is 11.3. The lowest BCUT2D eigenvalue weighted by Crippen LogP contribution is -2.41. The van der Waals surface area contributed by atoms with E-state index in [1.54, 1.807) is 0 Å². The number of anilines is 1. The van der Waals surface area contributed by atoms with Crippen LogP contribution in [0.2, 0.25) is 0 Å². The Hall–Kier alpha value is -1.78. The molecular formula is C20H28BNO2. The number of benzene rings is 2. The molecule has 24 heavy (non-hydrogen) atoms. The number of nitrogen functional groups attached to an aromatic ring is 1. The zero-order valence-electron chi connectivity index (χ0n) is 15.6. The summed E-state index contributed by atoms with van der Waals surface area (Å²) in [5.41, 5.74) is 9.39. The van der Waals surface area contributed by atoms with Gasteiger partial charge in [0, 0.05) is 11.3 Å². The number of hydrogen-bond acceptors (Lipinski definition) is 3. The summed E-state index contributed by atoms with van der Waals surface area (Å²) in [6.07, 6.45) is 0. The average molecular weight is 325 g/mol. The van der Waals surface area contributed by atoms with Crippen molar-refractivity contribution in [1.29, 1.82) is 0 Å². The Morgan fingerprint density at radius 3 is 1.88 bits per heavy atom. The van der Waals surface area contributed by atoms with Crippen molar-refractivity contribution in [3.63, 3.8) is 0 Å². The Morgan fingerprint density at radius 2 is 1.38 bits per heavy atom. The van der Waals surface area contributed by atoms with E-state index in [0.717, 1.165) is 22.3 Å². The highest BCUT2D eigenvalue weighted by Gasteiger charge is 2.51. The van der Waals surface area contributed by atoms with Crippen LogP contribution >= 0.6 is 0 Å². The summed E-state index contributed by atoms with van der Waals surface area (Å²) in [6.45, 7) is 12.2. The minimum Gasteiger partial charge on any atom is -0.399 e. The lowest BCUT2D eigenvalue weighted by molar-refractivity contribution is 0.00578. The SMILES string of the molecule is CC.CC1(C)OB(c2ccc(-c3ccccc3)c(N)c2)OC1(C)C. The van der Waals surface area contributed by atoms with E-state index in [2.05, 4.69) is 39.8 Å². The van der Waals surface area contributed by atoms with Crippen molar-refractivity contribution in [1.82, 2.24) is 0 Å². The molecule has 1 fully saturated rings. The monoisotopic (exact) mass is 325 g/mol. The van der Waals surface area contributed by atoms with Crippen LogP contribution in [-0.2, 0) is 9.31 Å². The maximum Gasteiger partial charge on any atom is 0.494 e. The quantitative estimate of drug-likeness (QED) is 0.663. The zero-order valence-corrected chi connectivity index (χ0v) is 15.6. The molecule has 3 rings (SSSR count). The summed E-state index contributed by atoms with van der Waals surface area (Å²) in [5.74, 6) is 0. The van der Waals surface area contributed by atoms with Gasteiger partial charge in [0.05, 0.1) is 11.2 Å². The molecule has 1 aliphatic heterocycles. The van der Waals surface area contributed by atoms with Gasteiger partial charge in [-0.3, -0.25) is 0 Å². The predicted octanol–water partition coefficient (Wildman–Crippen LogP) is 4.26. The highest BCUT2D eigenvalue weighted by molar-refractivity contribution is 6.62. The molecule has 3 nitrogen and oxygen atoms in total. The molecular weight excluding hydrogens is 297 g/mol. The molecule has 0 bridgehead atoms. The maximum atomic E-state index is 6.25. The summed E-state index contributed by atoms with van der Waals surface area (Å²) in [4.78, 5) is 0. The maximum absolute atomic E-state index is 6.25. The van der Waals surface area contributed by atoms with Crippen molar-refractivity contribution in [2.45, 2.75) is 52.7 Å². The van der Waals surface area contributed by atoms with Gasteiger partial charge >= 0.3 is 7.12 Å². The predicted molar refractivity (Wildman–Crippen MR) is 103 cm³/mol. The third-order valence-electron chi connectivity index (χ3n) is 4.69. The molecule has 0 aliphatic carbocycles. The second-order valence-electron chi connectivity index (χ2n) is 6.80. The van der Waals surface area contributed by atoms with Crippen LogP contribution in [0.1, 0.15) is 41.5 Å². The first-order valence-corrected chi connectivity index (χ1v) is 8.61. The zero-order chi connectivity index (χ0) is 18.0. The first-order valence-electron chi connectivity index (χ1n) is 8.61. The van der Waals surface area contributed by atoms with Gasteiger partial charge < -0.3 is 15.0 Å². The lowest BCUT2D eigenvalue weighted by atomic mass is 9.78. The van der Waals surface area contributed by atoms with Crippen LogP contribution < -0.4 is 11.2 Å². The fraction of sp³-hybridized carbons (Fsp3) is 0.400. The molecule has 0 aromatic heterocycles. The van der Waals surface area contributed by atoms with Crippen LogP contribution in [0.25, 0.3) is 11.1 Å². The third kappa shape index (κ3) is 3.50. The van der Waals surface area contributed by atoms with Crippen molar-refractivity contribution in [3.8, 4) is 11.1 Å². The van der Waals surface area contributed by atoms with E-state index >= 15 is 0 Å². The van der Waals surface area contributed by atoms with Crippen LogP contribution in [0.15, 0.2) is 48.5 Å². The molecule has 0 spiro atoms. The van der Waals surface area contributed by atoms with Crippen molar-refractivity contribution < 1.29 is 9.31 Å². The molecule has 0 radical (unpaired) electrons. The van der Waals surface area contributed by atoms with Gasteiger partial charge in [0.1, 0.15) is 0 Å². The van der Waals surface area contributed by atoms with E-state index in [9.17, 15) is 0 Å². The second-order valence-corrected chi connectivity index (χ2v) is 6.80. The van der Waals surface area contributed by atoms with E-state index in [0.29, 0.717) is 0 Å². The molecule has 0 amide bonds. The van der Waals surface area contributed by atoms with Crippen molar-refractivity contribution in [2.75, 3.05) is 5.73 Å². The molecule has 2 aromatic rings. The number of nitrogens with two attached hydrogens (primary N) is 1. The Balaban J connectivity index is 0.00000100. The largest absolute Gasteiger partial charge is 0.494 e. The lowest BCUT2D eigenvalue weighted by Gasteiger charge is -2.32. The Bertz CT molecular complexity index is 667. The summed E-state index contributed by atoms with van der Waals surface area (Å²) in [7, 11) is -0.378. The Kier molecular flexibility index (Phi) is 5.41. The van der Waals surface area contributed by atoms with E-state index in [1.165, 1.54) is 0 Å². The topological polar surface area (TPSA) is 44.5 Å². The van der Waals surface area contributed by atoms with E-state index in [4.69, 9.17) is 15.0 Å². The van der Waals surface area contributed by atoms with Crippen molar-refractivity contribution in [2.24, 2.45) is 0 Å². The van der Waals surface area contributed by atoms with Gasteiger partial charge in [0.25, 0.3) is 0 Å². The third-order valence-corrected chi connectivity index (χ3v) is 4.69. The van der Waals surface area contributed by atoms with Crippen LogP contribution in [0.5, 0.6) is 0 Å². The molecule has 2 N–H and O–H groups in total. The Morgan fingerprint density at radius 1 is 0.833 bits per heavy atom. The normalized spacial score (nSPS) is 18.0. The highest BCUT2D eigenvalue weighted by atomic mass is 16.7. The van der Waals surface area contributed by atoms with Crippen LogP contribution in [0, 0.1) is 0 Å². The van der Waals surface area contributed by atoms with Gasteiger partial charge in [-0.1, -0.05) is 56.3 Å². The highest BCUT2D eigenvalue weighted by Crippen LogP contribution is 2.37. The minimum atomic E-state index is -0.378. The number of rotatable bonds is 2. The molecule has 128 valence electrons. The summed E-state index contributed by atoms with van der Waals surface area (Å²) in [5, 5.41) is 0. The molecule has 2 aromatic carbocycles. The molecule has 1 saturated heterocycles. The van der Waals surface area contributed by atoms with E-state index in [1.807, 2.05) is 50.2 Å². The number of hydrogen-bond donors (Lipinski definition) is 1. The van der Waals surface area contributed by atoms with Gasteiger partial charge in [-0.2, -0.15) is 0 Å². The smallest absolute Gasteiger partial charge is 0.399 e. The standard InChI is InChI=1S/C18H22BNO2.C2H6/c1-17(2)18(3,4)22-19(21-17)14-10-11-15(16(20)12-14)13-8-6-5-7-9-13;1-2/h5-12H,20H2,1-4H3;1-2H3. The van der Waals surface area contributed by atoms with Gasteiger partial charge in [-0.05, 0) is 44.8 Å². The van der Waals surface area contributed by atoms with Crippen molar-refractivity contribution >= 4 is 18.3 Å². The molecule has 4 heteroatoms. The van der Waals surface area contributed by atoms with Gasteiger partial charge in [-0.15, -0.1) is 0 Å². The van der Waals surface area contributed by atoms with Crippen LogP contribution in [0.4, 0.5) is 5.69 Å². The fourth-order valence-corrected chi connectivity index (χ4v) is 2.59. The van der Waals surface area contributed by atoms with Gasteiger partial charge in [-0.25, -0.2) is 0 Å². The van der Waals surface area contributed by atoms with Gasteiger partial charge in [0.2, 0.25) is 0 Å². The molecule has 1 aliphatic rings. The summed E-state index contributed by atoms with van der Waals surface area (Å²) < 4.78 is 12.1. The fourth-order valence-electron chi connectivity index (χ4n) is 2.59. The van der Waals surface area contributed by atoms with Crippen molar-refractivity contribution in [3.05, 3.63) is 48.5 Å². The second kappa shape index (κ2) is 7.00. The first kappa shape index (κ1) is 18.6. The average Bonchev–Trinajstić information content (AvgIpc) is 2.78. The Labute approximate surface area is 146 Å². The minimum absolute atomic E-state index is 0.343. The molecule has 0 saturated carbocycles. The molecule has 0 atom stereocenters. The van der Waals surface area contributed by atoms with E-state index in [-0.39, 0.29) is 18.3 Å². The summed E-state index contributed by atoms with van der Waals surface area (Å²) >= 11 is 0. The van der Waals surface area contributed by atoms with Gasteiger partial charge in [0.15, 0.2) is 0 Å². The van der Waals surface area contributed by atoms with Crippen LogP contribution in [0.3, 0.4) is 0 Å².